The molecule has 2 N–H and O–H groups in total. The van der Waals surface area contributed by atoms with E-state index < -0.39 is 0 Å². The summed E-state index contributed by atoms with van der Waals surface area (Å²) in [5.41, 5.74) is 7.78. The van der Waals surface area contributed by atoms with Gasteiger partial charge in [0.1, 0.15) is 11.3 Å². The quantitative estimate of drug-likeness (QED) is 0.854. The number of hydrogen-bond acceptors (Lipinski definition) is 3. The van der Waals surface area contributed by atoms with Crippen molar-refractivity contribution in [3.05, 3.63) is 35.6 Å². The van der Waals surface area contributed by atoms with Gasteiger partial charge in [-0.1, -0.05) is 18.2 Å². The van der Waals surface area contributed by atoms with Crippen LogP contribution in [0.4, 0.5) is 0 Å². The lowest BCUT2D eigenvalue weighted by Gasteiger charge is -2.14. The standard InChI is InChI=1S/C13H18N2O/c1-10-12(9-15(2)8-7-14)11-5-3-4-6-13(11)16-10/h3-6H,7-9,14H2,1-2H3. The van der Waals surface area contributed by atoms with Crippen LogP contribution >= 0.6 is 0 Å². The molecule has 0 radical (unpaired) electrons. The summed E-state index contributed by atoms with van der Waals surface area (Å²) in [5, 5.41) is 1.21. The van der Waals surface area contributed by atoms with E-state index >= 15 is 0 Å². The summed E-state index contributed by atoms with van der Waals surface area (Å²) in [6.45, 7) is 4.50. The van der Waals surface area contributed by atoms with Crippen LogP contribution < -0.4 is 5.73 Å². The first-order valence-corrected chi connectivity index (χ1v) is 5.58. The maximum atomic E-state index is 5.72. The van der Waals surface area contributed by atoms with Gasteiger partial charge >= 0.3 is 0 Å². The number of fused-ring (bicyclic) bond motifs is 1. The molecule has 0 saturated carbocycles. The Bertz CT molecular complexity index is 476. The van der Waals surface area contributed by atoms with E-state index in [0.717, 1.165) is 24.4 Å². The lowest BCUT2D eigenvalue weighted by molar-refractivity contribution is 0.334. The Labute approximate surface area is 95.8 Å². The van der Waals surface area contributed by atoms with Crippen LogP contribution in [0.3, 0.4) is 0 Å². The molecule has 2 rings (SSSR count). The molecule has 0 aliphatic carbocycles. The van der Waals surface area contributed by atoms with Crippen LogP contribution in [0.25, 0.3) is 11.0 Å². The smallest absolute Gasteiger partial charge is 0.134 e. The molecule has 2 aromatic rings. The van der Waals surface area contributed by atoms with E-state index in [1.165, 1.54) is 10.9 Å². The third kappa shape index (κ3) is 2.10. The lowest BCUT2D eigenvalue weighted by atomic mass is 10.1. The molecule has 0 saturated heterocycles. The molecule has 3 heteroatoms. The van der Waals surface area contributed by atoms with E-state index in [1.54, 1.807) is 0 Å². The summed E-state index contributed by atoms with van der Waals surface area (Å²) in [5.74, 6) is 1.00. The van der Waals surface area contributed by atoms with Gasteiger partial charge in [-0.3, -0.25) is 0 Å². The lowest BCUT2D eigenvalue weighted by Crippen LogP contribution is -2.25. The first-order valence-electron chi connectivity index (χ1n) is 5.58. The van der Waals surface area contributed by atoms with Crippen molar-refractivity contribution in [3.63, 3.8) is 0 Å². The van der Waals surface area contributed by atoms with Gasteiger partial charge in [0.15, 0.2) is 0 Å². The second kappa shape index (κ2) is 4.68. The van der Waals surface area contributed by atoms with Gasteiger partial charge in [-0.25, -0.2) is 0 Å². The number of para-hydroxylation sites is 1. The third-order valence-electron chi connectivity index (χ3n) is 2.84. The van der Waals surface area contributed by atoms with Crippen LogP contribution in [0.15, 0.2) is 28.7 Å². The van der Waals surface area contributed by atoms with Crippen LogP contribution in [-0.2, 0) is 6.54 Å². The molecule has 0 spiro atoms. The van der Waals surface area contributed by atoms with Gasteiger partial charge in [-0.05, 0) is 20.0 Å². The first kappa shape index (κ1) is 11.2. The molecule has 0 bridgehead atoms. The Kier molecular flexibility index (Phi) is 3.27. The molecule has 1 heterocycles. The van der Waals surface area contributed by atoms with Gasteiger partial charge in [-0.2, -0.15) is 0 Å². The summed E-state index contributed by atoms with van der Waals surface area (Å²) in [4.78, 5) is 2.21. The highest BCUT2D eigenvalue weighted by Crippen LogP contribution is 2.25. The molecular weight excluding hydrogens is 200 g/mol. The molecule has 1 aromatic heterocycles. The summed E-state index contributed by atoms with van der Waals surface area (Å²) >= 11 is 0. The van der Waals surface area contributed by atoms with Crippen LogP contribution in [0.1, 0.15) is 11.3 Å². The highest BCUT2D eigenvalue weighted by Gasteiger charge is 2.11. The number of nitrogens with two attached hydrogens (primary N) is 1. The Morgan fingerprint density at radius 3 is 2.81 bits per heavy atom. The number of benzene rings is 1. The number of hydrogen-bond donors (Lipinski definition) is 1. The van der Waals surface area contributed by atoms with E-state index in [0.29, 0.717) is 6.54 Å². The van der Waals surface area contributed by atoms with Gasteiger partial charge in [0.2, 0.25) is 0 Å². The normalized spacial score (nSPS) is 11.5. The number of furan rings is 1. The molecule has 0 aliphatic rings. The summed E-state index contributed by atoms with van der Waals surface area (Å²) < 4.78 is 5.72. The van der Waals surface area contributed by atoms with Gasteiger partial charge in [0, 0.05) is 30.6 Å². The predicted molar refractivity (Wildman–Crippen MR) is 66.3 cm³/mol. The van der Waals surface area contributed by atoms with Crippen molar-refractivity contribution in [2.75, 3.05) is 20.1 Å². The first-order chi connectivity index (χ1) is 7.72. The third-order valence-corrected chi connectivity index (χ3v) is 2.84. The van der Waals surface area contributed by atoms with Crippen LogP contribution in [0.5, 0.6) is 0 Å². The van der Waals surface area contributed by atoms with Crippen LogP contribution in [0, 0.1) is 6.92 Å². The van der Waals surface area contributed by atoms with Crippen LogP contribution in [-0.4, -0.2) is 25.0 Å². The van der Waals surface area contributed by atoms with E-state index in [1.807, 2.05) is 25.1 Å². The topological polar surface area (TPSA) is 42.4 Å². The Morgan fingerprint density at radius 2 is 2.06 bits per heavy atom. The average Bonchev–Trinajstić information content (AvgIpc) is 2.56. The van der Waals surface area contributed by atoms with Gasteiger partial charge in [-0.15, -0.1) is 0 Å². The zero-order valence-corrected chi connectivity index (χ0v) is 9.86. The molecule has 1 aromatic carbocycles. The molecule has 3 nitrogen and oxygen atoms in total. The highest BCUT2D eigenvalue weighted by atomic mass is 16.3. The molecule has 0 amide bonds. The van der Waals surface area contributed by atoms with Crippen molar-refractivity contribution in [2.45, 2.75) is 13.5 Å². The monoisotopic (exact) mass is 218 g/mol. The fourth-order valence-corrected chi connectivity index (χ4v) is 1.99. The average molecular weight is 218 g/mol. The highest BCUT2D eigenvalue weighted by molar-refractivity contribution is 5.82. The second-order valence-electron chi connectivity index (χ2n) is 4.16. The largest absolute Gasteiger partial charge is 0.461 e. The fraction of sp³-hybridized carbons (Fsp3) is 0.385. The number of aryl methyl sites for hydroxylation is 1. The van der Waals surface area contributed by atoms with Crippen molar-refractivity contribution in [3.8, 4) is 0 Å². The molecule has 0 aliphatic heterocycles. The van der Waals surface area contributed by atoms with Gasteiger partial charge in [0.05, 0.1) is 0 Å². The Hall–Kier alpha value is -1.32. The minimum absolute atomic E-state index is 0.686. The van der Waals surface area contributed by atoms with Crippen LogP contribution in [0.2, 0.25) is 0 Å². The number of likely N-dealkylation sites (N-methyl/N-ethyl adjacent to an activating group) is 1. The molecule has 0 unspecified atom stereocenters. The summed E-state index contributed by atoms with van der Waals surface area (Å²) in [6, 6.07) is 8.16. The van der Waals surface area contributed by atoms with E-state index in [2.05, 4.69) is 18.0 Å². The van der Waals surface area contributed by atoms with E-state index in [4.69, 9.17) is 10.2 Å². The fourth-order valence-electron chi connectivity index (χ4n) is 1.99. The van der Waals surface area contributed by atoms with E-state index in [-0.39, 0.29) is 0 Å². The Morgan fingerprint density at radius 1 is 1.31 bits per heavy atom. The van der Waals surface area contributed by atoms with Gasteiger partial charge in [0.25, 0.3) is 0 Å². The van der Waals surface area contributed by atoms with Crippen molar-refractivity contribution in [1.29, 1.82) is 0 Å². The minimum Gasteiger partial charge on any atom is -0.461 e. The zero-order chi connectivity index (χ0) is 11.5. The minimum atomic E-state index is 0.686. The molecular formula is C13H18N2O. The van der Waals surface area contributed by atoms with Gasteiger partial charge < -0.3 is 15.1 Å². The van der Waals surface area contributed by atoms with E-state index in [9.17, 15) is 0 Å². The molecule has 0 atom stereocenters. The Balaban J connectivity index is 2.32. The summed E-state index contributed by atoms with van der Waals surface area (Å²) in [7, 11) is 2.08. The zero-order valence-electron chi connectivity index (χ0n) is 9.86. The number of nitrogens with zero attached hydrogens (tertiary/aromatic N) is 1. The van der Waals surface area contributed by atoms with Crippen molar-refractivity contribution in [2.24, 2.45) is 5.73 Å². The second-order valence-corrected chi connectivity index (χ2v) is 4.16. The summed E-state index contributed by atoms with van der Waals surface area (Å²) in [6.07, 6.45) is 0. The SMILES string of the molecule is Cc1oc2ccccc2c1CN(C)CCN. The molecule has 0 fully saturated rings. The van der Waals surface area contributed by atoms with Crippen molar-refractivity contribution < 1.29 is 4.42 Å². The predicted octanol–water partition coefficient (Wildman–Crippen LogP) is 2.13. The maximum Gasteiger partial charge on any atom is 0.134 e. The maximum absolute atomic E-state index is 5.72. The van der Waals surface area contributed by atoms with Crippen molar-refractivity contribution >= 4 is 11.0 Å². The molecule has 16 heavy (non-hydrogen) atoms. The molecule has 86 valence electrons. The number of rotatable bonds is 4. The van der Waals surface area contributed by atoms with Crippen molar-refractivity contribution in [1.82, 2.24) is 4.90 Å².